The van der Waals surface area contributed by atoms with Gasteiger partial charge in [0.05, 0.1) is 11.6 Å². The van der Waals surface area contributed by atoms with Crippen molar-refractivity contribution in [1.29, 1.82) is 5.26 Å². The van der Waals surface area contributed by atoms with Crippen LogP contribution in [0.1, 0.15) is 18.5 Å². The first-order valence-electron chi connectivity index (χ1n) is 7.43. The van der Waals surface area contributed by atoms with Crippen LogP contribution in [0.15, 0.2) is 48.5 Å². The molecule has 0 spiro atoms. The molecule has 0 aliphatic carbocycles. The molecule has 1 aromatic heterocycles. The van der Waals surface area contributed by atoms with E-state index in [4.69, 9.17) is 5.26 Å². The summed E-state index contributed by atoms with van der Waals surface area (Å²) in [4.78, 5) is 13.5. The maximum absolute atomic E-state index is 13.0. The highest BCUT2D eigenvalue weighted by Crippen LogP contribution is 2.16. The maximum Gasteiger partial charge on any atom is 0.250 e. The first kappa shape index (κ1) is 16.3. The topological polar surface area (TPSA) is 96.5 Å². The van der Waals surface area contributed by atoms with Crippen molar-refractivity contribution in [3.05, 3.63) is 59.9 Å². The van der Waals surface area contributed by atoms with Crippen molar-refractivity contribution in [2.24, 2.45) is 0 Å². The Balaban J connectivity index is 1.74. The lowest BCUT2D eigenvalue weighted by molar-refractivity contribution is -0.119. The summed E-state index contributed by atoms with van der Waals surface area (Å²) < 4.78 is 13.0. The van der Waals surface area contributed by atoms with Gasteiger partial charge in [-0.3, -0.25) is 4.79 Å². The first-order chi connectivity index (χ1) is 12.1. The quantitative estimate of drug-likeness (QED) is 0.790. The Morgan fingerprint density at radius 3 is 2.76 bits per heavy atom. The molecular formula is C17H13FN6O. The number of nitrogens with one attached hydrogen (secondary N) is 1. The van der Waals surface area contributed by atoms with E-state index >= 15 is 0 Å². The second-order valence-electron chi connectivity index (χ2n) is 5.30. The second-order valence-corrected chi connectivity index (χ2v) is 5.30. The monoisotopic (exact) mass is 336 g/mol. The Bertz CT molecular complexity index is 944. The van der Waals surface area contributed by atoms with Crippen molar-refractivity contribution in [3.8, 4) is 17.5 Å². The minimum absolute atomic E-state index is 0.297. The lowest BCUT2D eigenvalue weighted by Crippen LogP contribution is -2.25. The van der Waals surface area contributed by atoms with Crippen molar-refractivity contribution in [2.75, 3.05) is 5.32 Å². The van der Waals surface area contributed by atoms with Crippen LogP contribution in [0.5, 0.6) is 0 Å². The third-order valence-corrected chi connectivity index (χ3v) is 3.52. The van der Waals surface area contributed by atoms with Crippen LogP contribution < -0.4 is 5.32 Å². The van der Waals surface area contributed by atoms with Gasteiger partial charge in [-0.25, -0.2) is 4.39 Å². The smallest absolute Gasteiger partial charge is 0.250 e. The van der Waals surface area contributed by atoms with Crippen molar-refractivity contribution >= 4 is 11.6 Å². The molecule has 0 saturated carbocycles. The Hall–Kier alpha value is -3.60. The lowest BCUT2D eigenvalue weighted by atomic mass is 10.2. The van der Waals surface area contributed by atoms with Crippen molar-refractivity contribution in [1.82, 2.24) is 20.2 Å². The number of carbonyl (C=O) groups is 1. The molecule has 0 aliphatic rings. The molecule has 1 N–H and O–H groups in total. The molecule has 0 fully saturated rings. The zero-order chi connectivity index (χ0) is 17.8. The minimum Gasteiger partial charge on any atom is -0.324 e. The van der Waals surface area contributed by atoms with Gasteiger partial charge < -0.3 is 5.32 Å². The van der Waals surface area contributed by atoms with E-state index < -0.39 is 6.04 Å². The summed E-state index contributed by atoms with van der Waals surface area (Å²) in [6, 6.07) is 13.5. The number of carbonyl (C=O) groups excluding carboxylic acids is 1. The first-order valence-corrected chi connectivity index (χ1v) is 7.43. The molecule has 25 heavy (non-hydrogen) atoms. The molecule has 1 atom stereocenters. The normalized spacial score (nSPS) is 11.6. The van der Waals surface area contributed by atoms with E-state index in [2.05, 4.69) is 20.7 Å². The van der Waals surface area contributed by atoms with Crippen LogP contribution in [0.4, 0.5) is 10.1 Å². The second kappa shape index (κ2) is 6.88. The number of tetrazole rings is 1. The summed E-state index contributed by atoms with van der Waals surface area (Å²) >= 11 is 0. The summed E-state index contributed by atoms with van der Waals surface area (Å²) in [7, 11) is 0. The molecule has 2 aromatic carbocycles. The van der Waals surface area contributed by atoms with Crippen LogP contribution >= 0.6 is 0 Å². The minimum atomic E-state index is -0.715. The Kier molecular flexibility index (Phi) is 4.48. The third kappa shape index (κ3) is 3.67. The van der Waals surface area contributed by atoms with Crippen LogP contribution in [0, 0.1) is 17.1 Å². The molecule has 1 amide bonds. The van der Waals surface area contributed by atoms with Gasteiger partial charge in [-0.15, -0.1) is 10.2 Å². The van der Waals surface area contributed by atoms with Crippen LogP contribution in [0.2, 0.25) is 0 Å². The summed E-state index contributed by atoms with van der Waals surface area (Å²) in [5.41, 5.74) is 1.56. The molecule has 124 valence electrons. The standard InChI is InChI=1S/C17H13FN6O/c1-11(17(25)20-15-4-2-3-12(9-15)10-19)24-22-16(21-23-24)13-5-7-14(18)8-6-13/h2-9,11H,1H3,(H,20,25)/t11-/m0/s1. The van der Waals surface area contributed by atoms with Gasteiger partial charge in [0.1, 0.15) is 11.9 Å². The zero-order valence-corrected chi connectivity index (χ0v) is 13.2. The van der Waals surface area contributed by atoms with E-state index in [1.807, 2.05) is 6.07 Å². The van der Waals surface area contributed by atoms with Gasteiger partial charge in [-0.2, -0.15) is 10.1 Å². The molecule has 7 nitrogen and oxygen atoms in total. The number of rotatable bonds is 4. The van der Waals surface area contributed by atoms with Crippen LogP contribution in [0.3, 0.4) is 0 Å². The molecule has 1 heterocycles. The van der Waals surface area contributed by atoms with Crippen LogP contribution in [0.25, 0.3) is 11.4 Å². The Morgan fingerprint density at radius 2 is 2.04 bits per heavy atom. The fourth-order valence-corrected chi connectivity index (χ4v) is 2.12. The zero-order valence-electron chi connectivity index (χ0n) is 13.2. The molecule has 0 aliphatic heterocycles. The largest absolute Gasteiger partial charge is 0.324 e. The van der Waals surface area contributed by atoms with E-state index in [1.165, 1.54) is 29.1 Å². The van der Waals surface area contributed by atoms with Gasteiger partial charge >= 0.3 is 0 Å². The van der Waals surface area contributed by atoms with E-state index in [0.29, 0.717) is 22.6 Å². The molecular weight excluding hydrogens is 323 g/mol. The molecule has 3 rings (SSSR count). The molecule has 0 unspecified atom stereocenters. The fraction of sp³-hybridized carbons (Fsp3) is 0.118. The van der Waals surface area contributed by atoms with Gasteiger partial charge in [0.25, 0.3) is 5.91 Å². The number of aromatic nitrogens is 4. The molecule has 8 heteroatoms. The van der Waals surface area contributed by atoms with Gasteiger partial charge in [0.15, 0.2) is 0 Å². The third-order valence-electron chi connectivity index (χ3n) is 3.52. The highest BCUT2D eigenvalue weighted by Gasteiger charge is 2.19. The van der Waals surface area contributed by atoms with Gasteiger partial charge in [0.2, 0.25) is 5.82 Å². The average molecular weight is 336 g/mol. The van der Waals surface area contributed by atoms with E-state index in [0.717, 1.165) is 0 Å². The number of nitrogens with zero attached hydrogens (tertiary/aromatic N) is 5. The summed E-state index contributed by atoms with van der Waals surface area (Å²) in [5.74, 6) is -0.409. The number of halogens is 1. The van der Waals surface area contributed by atoms with Crippen molar-refractivity contribution < 1.29 is 9.18 Å². The maximum atomic E-state index is 13.0. The Morgan fingerprint density at radius 1 is 1.28 bits per heavy atom. The lowest BCUT2D eigenvalue weighted by Gasteiger charge is -2.10. The predicted octanol–water partition coefficient (Wildman–Crippen LogP) is 2.55. The molecule has 0 radical (unpaired) electrons. The summed E-state index contributed by atoms with van der Waals surface area (Å²) in [6.45, 7) is 1.62. The van der Waals surface area contributed by atoms with E-state index in [1.54, 1.807) is 31.2 Å². The number of anilines is 1. The molecule has 0 saturated heterocycles. The molecule has 0 bridgehead atoms. The number of amides is 1. The summed E-state index contributed by atoms with van der Waals surface area (Å²) in [6.07, 6.45) is 0. The Labute approximate surface area is 142 Å². The fourth-order valence-electron chi connectivity index (χ4n) is 2.12. The van der Waals surface area contributed by atoms with E-state index in [9.17, 15) is 9.18 Å². The predicted molar refractivity (Wildman–Crippen MR) is 87.7 cm³/mol. The van der Waals surface area contributed by atoms with Gasteiger partial charge in [-0.05, 0) is 54.6 Å². The van der Waals surface area contributed by atoms with Gasteiger partial charge in [-0.1, -0.05) is 6.07 Å². The average Bonchev–Trinajstić information content (AvgIpc) is 3.12. The van der Waals surface area contributed by atoms with Gasteiger partial charge in [0, 0.05) is 11.3 Å². The number of benzene rings is 2. The van der Waals surface area contributed by atoms with Crippen LogP contribution in [-0.2, 0) is 4.79 Å². The highest BCUT2D eigenvalue weighted by atomic mass is 19.1. The van der Waals surface area contributed by atoms with E-state index in [-0.39, 0.29) is 11.7 Å². The van der Waals surface area contributed by atoms with Crippen LogP contribution in [-0.4, -0.2) is 26.1 Å². The highest BCUT2D eigenvalue weighted by molar-refractivity contribution is 5.93. The summed E-state index contributed by atoms with van der Waals surface area (Å²) in [5, 5.41) is 23.5. The van der Waals surface area contributed by atoms with Crippen molar-refractivity contribution in [3.63, 3.8) is 0 Å². The number of hydrogen-bond donors (Lipinski definition) is 1. The molecule has 3 aromatic rings. The number of hydrogen-bond acceptors (Lipinski definition) is 5. The SMILES string of the molecule is C[C@@H](C(=O)Nc1cccc(C#N)c1)n1nnc(-c2ccc(F)cc2)n1. The van der Waals surface area contributed by atoms with Crippen molar-refractivity contribution in [2.45, 2.75) is 13.0 Å². The number of nitriles is 1.